The predicted octanol–water partition coefficient (Wildman–Crippen LogP) is 4.15. The maximum Gasteiger partial charge on any atom is 0.343 e. The molecule has 0 spiro atoms. The summed E-state index contributed by atoms with van der Waals surface area (Å²) in [6.45, 7) is 6.05. The molecule has 150 valence electrons. The molecule has 2 aromatic carbocycles. The van der Waals surface area contributed by atoms with Crippen LogP contribution in [0.5, 0.6) is 11.5 Å². The van der Waals surface area contributed by atoms with Gasteiger partial charge in [-0.05, 0) is 42.3 Å². The maximum atomic E-state index is 12.7. The molecule has 0 unspecified atom stereocenters. The van der Waals surface area contributed by atoms with E-state index in [4.69, 9.17) is 13.9 Å². The molecule has 3 rings (SSSR count). The summed E-state index contributed by atoms with van der Waals surface area (Å²) in [5.74, 6) is -0.820. The fourth-order valence-electron chi connectivity index (χ4n) is 3.09. The van der Waals surface area contributed by atoms with E-state index in [2.05, 4.69) is 6.58 Å². The molecule has 1 heterocycles. The van der Waals surface area contributed by atoms with E-state index in [1.165, 1.54) is 7.11 Å². The number of rotatable bonds is 7. The van der Waals surface area contributed by atoms with Crippen LogP contribution in [0.2, 0.25) is 0 Å². The number of para-hydroxylation sites is 1. The highest BCUT2D eigenvalue weighted by atomic mass is 16.5. The van der Waals surface area contributed by atoms with Crippen molar-refractivity contribution in [2.24, 2.45) is 0 Å². The van der Waals surface area contributed by atoms with Crippen molar-refractivity contribution in [2.75, 3.05) is 13.7 Å². The van der Waals surface area contributed by atoms with E-state index in [-0.39, 0.29) is 23.3 Å². The van der Waals surface area contributed by atoms with E-state index in [1.807, 2.05) is 6.92 Å². The van der Waals surface area contributed by atoms with Gasteiger partial charge in [-0.1, -0.05) is 30.8 Å². The highest BCUT2D eigenvalue weighted by molar-refractivity contribution is 5.84. The van der Waals surface area contributed by atoms with Crippen LogP contribution in [0, 0.1) is 0 Å². The van der Waals surface area contributed by atoms with Gasteiger partial charge in [0, 0.05) is 5.92 Å². The molecule has 0 aliphatic heterocycles. The molecule has 0 amide bonds. The van der Waals surface area contributed by atoms with Crippen molar-refractivity contribution >= 4 is 16.9 Å². The number of hydrogen-bond donors (Lipinski definition) is 1. The number of fused-ring (bicyclic) bond motifs is 1. The summed E-state index contributed by atoms with van der Waals surface area (Å²) in [6.07, 6.45) is -0.126. The summed E-state index contributed by atoms with van der Waals surface area (Å²) < 4.78 is 15.8. The smallest absolute Gasteiger partial charge is 0.343 e. The average molecular weight is 394 g/mol. The lowest BCUT2D eigenvalue weighted by atomic mass is 9.88. The molecule has 0 saturated carbocycles. The van der Waals surface area contributed by atoms with Crippen LogP contribution in [0.1, 0.15) is 30.4 Å². The molecule has 3 aromatic rings. The van der Waals surface area contributed by atoms with Gasteiger partial charge >= 0.3 is 11.6 Å². The van der Waals surface area contributed by atoms with Crippen LogP contribution in [0.3, 0.4) is 0 Å². The van der Waals surface area contributed by atoms with Crippen molar-refractivity contribution in [3.05, 3.63) is 82.2 Å². The summed E-state index contributed by atoms with van der Waals surface area (Å²) in [7, 11) is 1.27. The summed E-state index contributed by atoms with van der Waals surface area (Å²) in [6, 6.07) is 13.7. The highest BCUT2D eigenvalue weighted by Gasteiger charge is 2.27. The number of carbonyl (C=O) groups excluding carboxylic acids is 1. The Balaban J connectivity index is 2.07. The number of aromatic hydroxyl groups is 1. The number of ether oxygens (including phenoxy) is 2. The van der Waals surface area contributed by atoms with Gasteiger partial charge in [-0.3, -0.25) is 4.79 Å². The largest absolute Gasteiger partial charge is 0.507 e. The first-order valence-electron chi connectivity index (χ1n) is 9.09. The first-order valence-corrected chi connectivity index (χ1v) is 9.09. The van der Waals surface area contributed by atoms with Gasteiger partial charge in [-0.15, -0.1) is 0 Å². The molecule has 0 aliphatic carbocycles. The van der Waals surface area contributed by atoms with Crippen LogP contribution in [0.4, 0.5) is 0 Å². The maximum absolute atomic E-state index is 12.7. The van der Waals surface area contributed by atoms with E-state index in [0.717, 1.165) is 5.57 Å². The molecule has 1 atom stereocenters. The second-order valence-electron chi connectivity index (χ2n) is 6.80. The lowest BCUT2D eigenvalue weighted by Gasteiger charge is -2.18. The van der Waals surface area contributed by atoms with Crippen LogP contribution < -0.4 is 10.4 Å². The fraction of sp³-hybridized carbons (Fsp3) is 0.217. The van der Waals surface area contributed by atoms with Gasteiger partial charge < -0.3 is 19.0 Å². The van der Waals surface area contributed by atoms with Crippen molar-refractivity contribution in [1.29, 1.82) is 0 Å². The molecule has 6 heteroatoms. The van der Waals surface area contributed by atoms with Crippen molar-refractivity contribution in [3.8, 4) is 11.5 Å². The van der Waals surface area contributed by atoms with E-state index >= 15 is 0 Å². The first-order chi connectivity index (χ1) is 13.9. The van der Waals surface area contributed by atoms with Crippen molar-refractivity contribution < 1.29 is 23.8 Å². The molecule has 0 aliphatic rings. The van der Waals surface area contributed by atoms with E-state index < -0.39 is 17.5 Å². The average Bonchev–Trinajstić information content (AvgIpc) is 2.71. The first kappa shape index (κ1) is 20.2. The summed E-state index contributed by atoms with van der Waals surface area (Å²) in [4.78, 5) is 24.7. The summed E-state index contributed by atoms with van der Waals surface area (Å²) in [5, 5.41) is 11.2. The standard InChI is InChI=1S/C23H22O6/c1-14(2)13-28-16-10-8-15(9-11-16)18(12-20(24)27-3)21-22(25)17-6-4-5-7-19(17)29-23(21)26/h4-11,18,25H,1,12-13H2,2-3H3/t18-/m0/s1. The number of benzene rings is 2. The van der Waals surface area contributed by atoms with Gasteiger partial charge in [-0.25, -0.2) is 4.79 Å². The van der Waals surface area contributed by atoms with E-state index in [9.17, 15) is 14.7 Å². The third kappa shape index (κ3) is 4.48. The molecule has 6 nitrogen and oxygen atoms in total. The van der Waals surface area contributed by atoms with Crippen LogP contribution in [-0.4, -0.2) is 24.8 Å². The SMILES string of the molecule is C=C(C)COc1ccc([C@H](CC(=O)OC)c2c(O)c3ccccc3oc2=O)cc1. The van der Waals surface area contributed by atoms with Crippen molar-refractivity contribution in [2.45, 2.75) is 19.3 Å². The van der Waals surface area contributed by atoms with Gasteiger partial charge in [0.1, 0.15) is 23.7 Å². The molecule has 0 bridgehead atoms. The highest BCUT2D eigenvalue weighted by Crippen LogP contribution is 2.36. The number of esters is 1. The quantitative estimate of drug-likeness (QED) is 0.368. The third-order valence-electron chi connectivity index (χ3n) is 4.53. The van der Waals surface area contributed by atoms with E-state index in [1.54, 1.807) is 48.5 Å². The number of hydrogen-bond acceptors (Lipinski definition) is 6. The monoisotopic (exact) mass is 394 g/mol. The Hall–Kier alpha value is -3.54. The Labute approximate surface area is 168 Å². The van der Waals surface area contributed by atoms with Crippen molar-refractivity contribution in [3.63, 3.8) is 0 Å². The zero-order valence-electron chi connectivity index (χ0n) is 16.3. The Kier molecular flexibility index (Phi) is 6.02. The molecule has 1 aromatic heterocycles. The van der Waals surface area contributed by atoms with Gasteiger partial charge in [0.15, 0.2) is 0 Å². The molecule has 1 N–H and O–H groups in total. The Morgan fingerprint density at radius 3 is 2.52 bits per heavy atom. The predicted molar refractivity (Wildman–Crippen MR) is 109 cm³/mol. The zero-order chi connectivity index (χ0) is 21.0. The van der Waals surface area contributed by atoms with Gasteiger partial charge in [0.2, 0.25) is 0 Å². The Morgan fingerprint density at radius 1 is 1.17 bits per heavy atom. The summed E-state index contributed by atoms with van der Waals surface area (Å²) in [5.41, 5.74) is 1.13. The summed E-state index contributed by atoms with van der Waals surface area (Å²) >= 11 is 0. The van der Waals surface area contributed by atoms with E-state index in [0.29, 0.717) is 23.3 Å². The van der Waals surface area contributed by atoms with Gasteiger partial charge in [0.05, 0.1) is 24.5 Å². The Bertz CT molecular complexity index is 1090. The molecular weight excluding hydrogens is 372 g/mol. The zero-order valence-corrected chi connectivity index (χ0v) is 16.3. The molecule has 29 heavy (non-hydrogen) atoms. The van der Waals surface area contributed by atoms with Gasteiger partial charge in [0.25, 0.3) is 0 Å². The normalized spacial score (nSPS) is 11.8. The second kappa shape index (κ2) is 8.65. The lowest BCUT2D eigenvalue weighted by molar-refractivity contribution is -0.140. The van der Waals surface area contributed by atoms with Crippen LogP contribution in [-0.2, 0) is 9.53 Å². The molecular formula is C23H22O6. The molecule has 0 radical (unpaired) electrons. The third-order valence-corrected chi connectivity index (χ3v) is 4.53. The minimum absolute atomic E-state index is 0.0182. The van der Waals surface area contributed by atoms with Crippen LogP contribution in [0.15, 0.2) is 69.9 Å². The van der Waals surface area contributed by atoms with Crippen molar-refractivity contribution in [1.82, 2.24) is 0 Å². The fourth-order valence-corrected chi connectivity index (χ4v) is 3.09. The molecule has 0 saturated heterocycles. The van der Waals surface area contributed by atoms with Crippen LogP contribution in [0.25, 0.3) is 11.0 Å². The molecule has 0 fully saturated rings. The van der Waals surface area contributed by atoms with Gasteiger partial charge in [-0.2, -0.15) is 0 Å². The Morgan fingerprint density at radius 2 is 1.86 bits per heavy atom. The lowest BCUT2D eigenvalue weighted by Crippen LogP contribution is -2.18. The number of methoxy groups -OCH3 is 1. The minimum atomic E-state index is -0.738. The topological polar surface area (TPSA) is 86.0 Å². The number of carbonyl (C=O) groups is 1. The minimum Gasteiger partial charge on any atom is -0.507 e. The second-order valence-corrected chi connectivity index (χ2v) is 6.80. The van der Waals surface area contributed by atoms with Crippen LogP contribution >= 0.6 is 0 Å².